The van der Waals surface area contributed by atoms with Gasteiger partial charge in [0.05, 0.1) is 31.5 Å². The standard InChI is InChI=1S/C34H37IN4O7/c1-5-7-24-16-23(10-14-27(24)45-19-22-8-12-26(35)13-9-22)18-36-39-30(40)20-46-28-15-11-25(17-29(28)44-6-2)32-31(33(41)43-4)21(3)37-34(42)38-32/h5,8-18,30,32,39-40H,1,6-7,19-20H2,2-4H3,(H2,37,38,42)/b36-18-/t30-,32+/m0/s1. The molecule has 46 heavy (non-hydrogen) atoms. The maximum Gasteiger partial charge on any atom is 0.337 e. The summed E-state index contributed by atoms with van der Waals surface area (Å²) in [5.41, 5.74) is 6.79. The Labute approximate surface area is 281 Å². The van der Waals surface area contributed by atoms with Gasteiger partial charge in [-0.25, -0.2) is 9.59 Å². The molecule has 4 N–H and O–H groups in total. The van der Waals surface area contributed by atoms with Gasteiger partial charge in [-0.3, -0.25) is 5.43 Å². The maximum absolute atomic E-state index is 12.5. The van der Waals surface area contributed by atoms with E-state index in [0.29, 0.717) is 42.4 Å². The lowest BCUT2D eigenvalue weighted by molar-refractivity contribution is -0.136. The zero-order valence-corrected chi connectivity index (χ0v) is 28.0. The predicted molar refractivity (Wildman–Crippen MR) is 183 cm³/mol. The van der Waals surface area contributed by atoms with Crippen LogP contribution in [0.4, 0.5) is 4.79 Å². The number of urea groups is 1. The largest absolute Gasteiger partial charge is 0.490 e. The minimum Gasteiger partial charge on any atom is -0.490 e. The molecular weight excluding hydrogens is 703 g/mol. The van der Waals surface area contributed by atoms with Crippen molar-refractivity contribution in [2.75, 3.05) is 20.3 Å². The molecule has 242 valence electrons. The number of benzene rings is 3. The molecule has 1 heterocycles. The monoisotopic (exact) mass is 740 g/mol. The average molecular weight is 741 g/mol. The number of hydrogen-bond donors (Lipinski definition) is 4. The van der Waals surface area contributed by atoms with Crippen LogP contribution in [0.1, 0.15) is 42.1 Å². The molecule has 1 aliphatic rings. The van der Waals surface area contributed by atoms with Gasteiger partial charge in [0.25, 0.3) is 0 Å². The van der Waals surface area contributed by atoms with Gasteiger partial charge in [-0.2, -0.15) is 5.10 Å². The molecule has 2 amide bonds. The first-order valence-corrected chi connectivity index (χ1v) is 15.6. The second-order valence-electron chi connectivity index (χ2n) is 10.2. The third kappa shape index (κ3) is 9.23. The molecular formula is C34H37IN4O7. The van der Waals surface area contributed by atoms with Crippen LogP contribution in [0.2, 0.25) is 0 Å². The van der Waals surface area contributed by atoms with E-state index in [1.165, 1.54) is 10.7 Å². The van der Waals surface area contributed by atoms with Crippen molar-refractivity contribution in [3.63, 3.8) is 0 Å². The number of carbonyl (C=O) groups excluding carboxylic acids is 2. The summed E-state index contributed by atoms with van der Waals surface area (Å²) in [6.45, 7) is 7.96. The number of aliphatic hydroxyl groups excluding tert-OH is 1. The summed E-state index contributed by atoms with van der Waals surface area (Å²) in [4.78, 5) is 24.6. The van der Waals surface area contributed by atoms with Crippen LogP contribution in [0.5, 0.6) is 17.2 Å². The smallest absolute Gasteiger partial charge is 0.337 e. The molecule has 0 unspecified atom stereocenters. The van der Waals surface area contributed by atoms with Gasteiger partial charge in [-0.15, -0.1) is 6.58 Å². The van der Waals surface area contributed by atoms with Crippen LogP contribution in [-0.2, 0) is 22.6 Å². The van der Waals surface area contributed by atoms with E-state index in [4.69, 9.17) is 18.9 Å². The SMILES string of the molecule is C=CCc1cc(/C=N\N[C@@H](O)COc2ccc([C@H]3NC(=O)NC(C)=C3C(=O)OC)cc2OCC)ccc1OCc1ccc(I)cc1. The number of amides is 2. The number of methoxy groups -OCH3 is 1. The normalized spacial score (nSPS) is 15.1. The lowest BCUT2D eigenvalue weighted by Gasteiger charge is -2.28. The molecule has 0 fully saturated rings. The van der Waals surface area contributed by atoms with Gasteiger partial charge in [0.1, 0.15) is 19.0 Å². The van der Waals surface area contributed by atoms with Crippen LogP contribution < -0.4 is 30.3 Å². The molecule has 0 bridgehead atoms. The van der Waals surface area contributed by atoms with Gasteiger partial charge >= 0.3 is 12.0 Å². The van der Waals surface area contributed by atoms with Crippen LogP contribution in [0, 0.1) is 3.57 Å². The van der Waals surface area contributed by atoms with Crippen molar-refractivity contribution < 1.29 is 33.6 Å². The molecule has 12 heteroatoms. The lowest BCUT2D eigenvalue weighted by atomic mass is 9.95. The minimum atomic E-state index is -1.13. The molecule has 0 aliphatic carbocycles. The van der Waals surface area contributed by atoms with Crippen molar-refractivity contribution in [2.45, 2.75) is 39.1 Å². The number of nitrogens with zero attached hydrogens (tertiary/aromatic N) is 1. The van der Waals surface area contributed by atoms with Gasteiger partial charge in [-0.1, -0.05) is 24.3 Å². The van der Waals surface area contributed by atoms with Crippen molar-refractivity contribution in [2.24, 2.45) is 5.10 Å². The van der Waals surface area contributed by atoms with E-state index < -0.39 is 24.3 Å². The van der Waals surface area contributed by atoms with Crippen LogP contribution in [0.3, 0.4) is 0 Å². The average Bonchev–Trinajstić information content (AvgIpc) is 3.04. The molecule has 4 rings (SSSR count). The third-order valence-electron chi connectivity index (χ3n) is 6.87. The number of carbonyl (C=O) groups is 2. The third-order valence-corrected chi connectivity index (χ3v) is 7.58. The molecule has 3 aromatic carbocycles. The van der Waals surface area contributed by atoms with Crippen LogP contribution in [-0.4, -0.2) is 49.9 Å². The minimum absolute atomic E-state index is 0.139. The van der Waals surface area contributed by atoms with E-state index in [1.54, 1.807) is 31.3 Å². The highest BCUT2D eigenvalue weighted by Gasteiger charge is 2.32. The van der Waals surface area contributed by atoms with Gasteiger partial charge in [-0.05, 0) is 108 Å². The van der Waals surface area contributed by atoms with Gasteiger partial charge < -0.3 is 34.7 Å². The Morgan fingerprint density at radius 2 is 1.85 bits per heavy atom. The molecule has 0 aromatic heterocycles. The highest BCUT2D eigenvalue weighted by Crippen LogP contribution is 2.35. The summed E-state index contributed by atoms with van der Waals surface area (Å²) in [6.07, 6.45) is 2.91. The second kappa shape index (κ2) is 16.7. The summed E-state index contributed by atoms with van der Waals surface area (Å²) in [5, 5.41) is 20.0. The Bertz CT molecular complexity index is 1610. The van der Waals surface area contributed by atoms with E-state index in [2.05, 4.69) is 50.3 Å². The Morgan fingerprint density at radius 1 is 1.09 bits per heavy atom. The van der Waals surface area contributed by atoms with Crippen LogP contribution in [0.25, 0.3) is 0 Å². The summed E-state index contributed by atoms with van der Waals surface area (Å²) < 4.78 is 23.8. The number of allylic oxidation sites excluding steroid dienone is 2. The highest BCUT2D eigenvalue weighted by molar-refractivity contribution is 14.1. The number of nitrogens with one attached hydrogen (secondary N) is 3. The number of aliphatic hydroxyl groups is 1. The van der Waals surface area contributed by atoms with Gasteiger partial charge in [0.15, 0.2) is 17.7 Å². The van der Waals surface area contributed by atoms with Crippen molar-refractivity contribution >= 4 is 40.8 Å². The summed E-state index contributed by atoms with van der Waals surface area (Å²) in [6, 6.07) is 17.7. The Morgan fingerprint density at radius 3 is 2.57 bits per heavy atom. The van der Waals surface area contributed by atoms with Gasteiger partial charge in [0.2, 0.25) is 0 Å². The Balaban J connectivity index is 1.37. The Kier molecular flexibility index (Phi) is 12.4. The molecule has 11 nitrogen and oxygen atoms in total. The zero-order valence-electron chi connectivity index (χ0n) is 25.8. The van der Waals surface area contributed by atoms with E-state index in [9.17, 15) is 14.7 Å². The first kappa shape index (κ1) is 34.3. The Hall–Kier alpha value is -4.56. The van der Waals surface area contributed by atoms with E-state index in [1.807, 2.05) is 55.5 Å². The first-order chi connectivity index (χ1) is 22.2. The first-order valence-electron chi connectivity index (χ1n) is 14.6. The fourth-order valence-electron chi connectivity index (χ4n) is 4.70. The zero-order chi connectivity index (χ0) is 33.1. The fourth-order valence-corrected chi connectivity index (χ4v) is 5.06. The number of hydrazone groups is 1. The summed E-state index contributed by atoms with van der Waals surface area (Å²) in [7, 11) is 1.28. The van der Waals surface area contributed by atoms with Crippen molar-refractivity contribution in [3.8, 4) is 17.2 Å². The highest BCUT2D eigenvalue weighted by atomic mass is 127. The fraction of sp³-hybridized carbons (Fsp3) is 0.265. The van der Waals surface area contributed by atoms with Gasteiger partial charge in [0, 0.05) is 9.27 Å². The molecule has 3 aromatic rings. The molecule has 0 saturated heterocycles. The number of esters is 1. The lowest BCUT2D eigenvalue weighted by Crippen LogP contribution is -2.45. The number of halogens is 1. The maximum atomic E-state index is 12.5. The predicted octanol–water partition coefficient (Wildman–Crippen LogP) is 5.12. The van der Waals surface area contributed by atoms with Crippen LogP contribution >= 0.6 is 22.6 Å². The molecule has 0 spiro atoms. The van der Waals surface area contributed by atoms with E-state index in [0.717, 1.165) is 22.4 Å². The molecule has 1 aliphatic heterocycles. The topological polar surface area (TPSA) is 140 Å². The van der Waals surface area contributed by atoms with E-state index >= 15 is 0 Å². The van der Waals surface area contributed by atoms with Crippen molar-refractivity contribution in [3.05, 3.63) is 110 Å². The summed E-state index contributed by atoms with van der Waals surface area (Å²) >= 11 is 2.27. The number of hydrogen-bond acceptors (Lipinski definition) is 9. The number of rotatable bonds is 15. The van der Waals surface area contributed by atoms with Crippen molar-refractivity contribution in [1.82, 2.24) is 16.1 Å². The molecule has 2 atom stereocenters. The van der Waals surface area contributed by atoms with Crippen LogP contribution in [0.15, 0.2) is 89.7 Å². The second-order valence-corrected chi connectivity index (χ2v) is 11.4. The molecule has 0 saturated carbocycles. The van der Waals surface area contributed by atoms with Crippen molar-refractivity contribution in [1.29, 1.82) is 0 Å². The number of ether oxygens (including phenoxy) is 4. The molecule has 0 radical (unpaired) electrons. The van der Waals surface area contributed by atoms with E-state index in [-0.39, 0.29) is 12.2 Å². The quantitative estimate of drug-likeness (QED) is 0.0421. The summed E-state index contributed by atoms with van der Waals surface area (Å²) in [5.74, 6) is 0.945.